The van der Waals surface area contributed by atoms with Crippen molar-refractivity contribution in [3.05, 3.63) is 30.3 Å². The van der Waals surface area contributed by atoms with Crippen molar-refractivity contribution in [2.24, 2.45) is 5.92 Å². The van der Waals surface area contributed by atoms with E-state index in [-0.39, 0.29) is 0 Å². The second-order valence-corrected chi connectivity index (χ2v) is 3.68. The van der Waals surface area contributed by atoms with Gasteiger partial charge >= 0.3 is 0 Å². The SMILES string of the molecule is c1ccc(OCC2CCOCC2)cc1. The molecule has 0 bridgehead atoms. The number of benzene rings is 1. The Bertz CT molecular complexity index is 252. The van der Waals surface area contributed by atoms with Crippen LogP contribution in [0.5, 0.6) is 5.75 Å². The summed E-state index contributed by atoms with van der Waals surface area (Å²) < 4.78 is 11.0. The van der Waals surface area contributed by atoms with Gasteiger partial charge in [0.15, 0.2) is 0 Å². The molecule has 0 N–H and O–H groups in total. The molecule has 2 nitrogen and oxygen atoms in total. The van der Waals surface area contributed by atoms with E-state index in [0.29, 0.717) is 5.92 Å². The fourth-order valence-corrected chi connectivity index (χ4v) is 1.64. The molecule has 2 rings (SSSR count). The Morgan fingerprint density at radius 3 is 2.57 bits per heavy atom. The van der Waals surface area contributed by atoms with Gasteiger partial charge in [0.2, 0.25) is 0 Å². The minimum atomic E-state index is 0.670. The first-order valence-corrected chi connectivity index (χ1v) is 5.21. The minimum Gasteiger partial charge on any atom is -0.493 e. The van der Waals surface area contributed by atoms with Crippen LogP contribution in [-0.4, -0.2) is 19.8 Å². The highest BCUT2D eigenvalue weighted by molar-refractivity contribution is 5.20. The summed E-state index contributed by atoms with van der Waals surface area (Å²) in [5.41, 5.74) is 0. The Labute approximate surface area is 84.8 Å². The number of rotatable bonds is 3. The zero-order valence-corrected chi connectivity index (χ0v) is 8.32. The van der Waals surface area contributed by atoms with E-state index in [2.05, 4.69) is 0 Å². The molecule has 0 radical (unpaired) electrons. The molecule has 1 heterocycles. The summed E-state index contributed by atoms with van der Waals surface area (Å²) in [5, 5.41) is 0. The van der Waals surface area contributed by atoms with Crippen LogP contribution < -0.4 is 4.74 Å². The van der Waals surface area contributed by atoms with Gasteiger partial charge in [-0.3, -0.25) is 0 Å². The molecule has 1 aromatic carbocycles. The number of ether oxygens (including phenoxy) is 2. The lowest BCUT2D eigenvalue weighted by Crippen LogP contribution is -2.21. The lowest BCUT2D eigenvalue weighted by molar-refractivity contribution is 0.0497. The molecule has 2 heteroatoms. The molecule has 0 aromatic heterocycles. The maximum absolute atomic E-state index is 5.69. The highest BCUT2D eigenvalue weighted by Gasteiger charge is 2.13. The van der Waals surface area contributed by atoms with E-state index in [1.54, 1.807) is 0 Å². The van der Waals surface area contributed by atoms with Crippen LogP contribution in [0.1, 0.15) is 12.8 Å². The molecule has 0 spiro atoms. The third-order valence-electron chi connectivity index (χ3n) is 2.57. The van der Waals surface area contributed by atoms with Crippen LogP contribution in [0.4, 0.5) is 0 Å². The number of hydrogen-bond acceptors (Lipinski definition) is 2. The Kier molecular flexibility index (Phi) is 3.41. The van der Waals surface area contributed by atoms with Gasteiger partial charge in [-0.05, 0) is 30.9 Å². The summed E-state index contributed by atoms with van der Waals surface area (Å²) in [6.07, 6.45) is 2.26. The summed E-state index contributed by atoms with van der Waals surface area (Å²) in [7, 11) is 0. The summed E-state index contributed by atoms with van der Waals surface area (Å²) in [5.74, 6) is 1.64. The molecule has 0 aliphatic carbocycles. The number of para-hydroxylation sites is 1. The first kappa shape index (κ1) is 9.53. The van der Waals surface area contributed by atoms with Crippen LogP contribution in [0.25, 0.3) is 0 Å². The summed E-state index contributed by atoms with van der Waals surface area (Å²) in [6, 6.07) is 10.00. The molecule has 76 valence electrons. The van der Waals surface area contributed by atoms with Gasteiger partial charge in [0.25, 0.3) is 0 Å². The number of hydrogen-bond donors (Lipinski definition) is 0. The van der Waals surface area contributed by atoms with E-state index in [4.69, 9.17) is 9.47 Å². The van der Waals surface area contributed by atoms with Crippen molar-refractivity contribution < 1.29 is 9.47 Å². The van der Waals surface area contributed by atoms with Crippen LogP contribution in [0.3, 0.4) is 0 Å². The maximum atomic E-state index is 5.69. The molecule has 1 saturated heterocycles. The second-order valence-electron chi connectivity index (χ2n) is 3.68. The standard InChI is InChI=1S/C12H16O2/c1-2-4-12(5-3-1)14-10-11-6-8-13-9-7-11/h1-5,11H,6-10H2. The topological polar surface area (TPSA) is 18.5 Å². The molecular weight excluding hydrogens is 176 g/mol. The molecule has 1 aliphatic heterocycles. The van der Waals surface area contributed by atoms with Gasteiger partial charge in [-0.25, -0.2) is 0 Å². The van der Waals surface area contributed by atoms with Crippen molar-refractivity contribution >= 4 is 0 Å². The fraction of sp³-hybridized carbons (Fsp3) is 0.500. The van der Waals surface area contributed by atoms with E-state index in [9.17, 15) is 0 Å². The predicted molar refractivity (Wildman–Crippen MR) is 55.5 cm³/mol. The molecule has 0 amide bonds. The largest absolute Gasteiger partial charge is 0.493 e. The lowest BCUT2D eigenvalue weighted by atomic mass is 10.0. The highest BCUT2D eigenvalue weighted by atomic mass is 16.5. The lowest BCUT2D eigenvalue weighted by Gasteiger charge is -2.21. The quantitative estimate of drug-likeness (QED) is 0.732. The van der Waals surface area contributed by atoms with Gasteiger partial charge in [-0.15, -0.1) is 0 Å². The zero-order chi connectivity index (χ0) is 9.64. The van der Waals surface area contributed by atoms with E-state index >= 15 is 0 Å². The molecule has 1 aromatic rings. The third-order valence-corrected chi connectivity index (χ3v) is 2.57. The predicted octanol–water partition coefficient (Wildman–Crippen LogP) is 2.49. The normalized spacial score (nSPS) is 18.0. The third kappa shape index (κ3) is 2.74. The van der Waals surface area contributed by atoms with E-state index < -0.39 is 0 Å². The van der Waals surface area contributed by atoms with Crippen LogP contribution in [0.15, 0.2) is 30.3 Å². The summed E-state index contributed by atoms with van der Waals surface area (Å²) in [4.78, 5) is 0. The molecule has 1 fully saturated rings. The first-order chi connectivity index (χ1) is 6.95. The van der Waals surface area contributed by atoms with Crippen molar-refractivity contribution in [2.75, 3.05) is 19.8 Å². The fourth-order valence-electron chi connectivity index (χ4n) is 1.64. The van der Waals surface area contributed by atoms with Crippen molar-refractivity contribution in [2.45, 2.75) is 12.8 Å². The average Bonchev–Trinajstić information content (AvgIpc) is 2.29. The average molecular weight is 192 g/mol. The zero-order valence-electron chi connectivity index (χ0n) is 8.32. The van der Waals surface area contributed by atoms with Crippen LogP contribution in [0.2, 0.25) is 0 Å². The van der Waals surface area contributed by atoms with E-state index in [1.165, 1.54) is 0 Å². The molecule has 14 heavy (non-hydrogen) atoms. The Hall–Kier alpha value is -1.02. The van der Waals surface area contributed by atoms with Gasteiger partial charge in [-0.2, -0.15) is 0 Å². The van der Waals surface area contributed by atoms with Crippen LogP contribution >= 0.6 is 0 Å². The maximum Gasteiger partial charge on any atom is 0.119 e. The van der Waals surface area contributed by atoms with Crippen LogP contribution in [0, 0.1) is 5.92 Å². The van der Waals surface area contributed by atoms with E-state index in [0.717, 1.165) is 38.4 Å². The van der Waals surface area contributed by atoms with Crippen molar-refractivity contribution in [1.82, 2.24) is 0 Å². The molecule has 0 unspecified atom stereocenters. The molecule has 0 saturated carbocycles. The Balaban J connectivity index is 1.76. The highest BCUT2D eigenvalue weighted by Crippen LogP contribution is 2.17. The molecule has 1 aliphatic rings. The van der Waals surface area contributed by atoms with E-state index in [1.807, 2.05) is 30.3 Å². The van der Waals surface area contributed by atoms with Crippen molar-refractivity contribution in [3.8, 4) is 5.75 Å². The van der Waals surface area contributed by atoms with Crippen molar-refractivity contribution in [3.63, 3.8) is 0 Å². The smallest absolute Gasteiger partial charge is 0.119 e. The minimum absolute atomic E-state index is 0.670. The van der Waals surface area contributed by atoms with Gasteiger partial charge in [0.05, 0.1) is 6.61 Å². The molecular formula is C12H16O2. The van der Waals surface area contributed by atoms with Gasteiger partial charge < -0.3 is 9.47 Å². The second kappa shape index (κ2) is 5.01. The Morgan fingerprint density at radius 1 is 1.14 bits per heavy atom. The van der Waals surface area contributed by atoms with Gasteiger partial charge in [0, 0.05) is 13.2 Å². The first-order valence-electron chi connectivity index (χ1n) is 5.21. The molecule has 0 atom stereocenters. The van der Waals surface area contributed by atoms with Crippen LogP contribution in [-0.2, 0) is 4.74 Å². The van der Waals surface area contributed by atoms with Gasteiger partial charge in [0.1, 0.15) is 5.75 Å². The van der Waals surface area contributed by atoms with Crippen molar-refractivity contribution in [1.29, 1.82) is 0 Å². The Morgan fingerprint density at radius 2 is 1.86 bits per heavy atom. The summed E-state index contributed by atoms with van der Waals surface area (Å²) >= 11 is 0. The van der Waals surface area contributed by atoms with Gasteiger partial charge in [-0.1, -0.05) is 18.2 Å². The monoisotopic (exact) mass is 192 g/mol. The summed E-state index contributed by atoms with van der Waals surface area (Å²) in [6.45, 7) is 2.61.